The van der Waals surface area contributed by atoms with E-state index in [1.54, 1.807) is 0 Å². The van der Waals surface area contributed by atoms with Crippen molar-refractivity contribution in [2.75, 3.05) is 6.54 Å². The maximum Gasteiger partial charge on any atom is 0.0348 e. The van der Waals surface area contributed by atoms with Crippen LogP contribution in [0.15, 0.2) is 24.3 Å². The summed E-state index contributed by atoms with van der Waals surface area (Å²) in [5, 5.41) is 3.78. The topological polar surface area (TPSA) is 12.0 Å². The first-order valence-electron chi connectivity index (χ1n) is 8.17. The summed E-state index contributed by atoms with van der Waals surface area (Å²) in [6.07, 6.45) is 9.30. The maximum atomic E-state index is 3.78. The van der Waals surface area contributed by atoms with Gasteiger partial charge in [0.05, 0.1) is 0 Å². The Balaban J connectivity index is 2.07. The molecule has 0 amide bonds. The smallest absolute Gasteiger partial charge is 0.0348 e. The largest absolute Gasteiger partial charge is 0.310 e. The second-order valence-electron chi connectivity index (χ2n) is 5.97. The van der Waals surface area contributed by atoms with Crippen LogP contribution in [0.3, 0.4) is 0 Å². The normalized spacial score (nSPS) is 17.8. The van der Waals surface area contributed by atoms with Crippen molar-refractivity contribution in [2.24, 2.45) is 5.92 Å². The number of benzene rings is 1. The van der Waals surface area contributed by atoms with Gasteiger partial charge < -0.3 is 5.32 Å². The zero-order valence-corrected chi connectivity index (χ0v) is 12.6. The van der Waals surface area contributed by atoms with Crippen LogP contribution < -0.4 is 5.32 Å². The zero-order chi connectivity index (χ0) is 13.5. The monoisotopic (exact) mass is 259 g/mol. The van der Waals surface area contributed by atoms with Gasteiger partial charge in [-0.1, -0.05) is 57.4 Å². The molecule has 0 bridgehead atoms. The third-order valence-corrected chi connectivity index (χ3v) is 4.36. The number of rotatable bonds is 7. The minimum absolute atomic E-state index is 0.582. The lowest BCUT2D eigenvalue weighted by molar-refractivity contribution is 0.368. The molecule has 0 heterocycles. The molecule has 1 heteroatoms. The molecule has 1 aromatic carbocycles. The Morgan fingerprint density at radius 2 is 1.74 bits per heavy atom. The van der Waals surface area contributed by atoms with E-state index in [1.165, 1.54) is 56.1 Å². The molecule has 0 saturated heterocycles. The van der Waals surface area contributed by atoms with Crippen LogP contribution in [-0.2, 0) is 6.42 Å². The average Bonchev–Trinajstić information content (AvgIpc) is 2.95. The summed E-state index contributed by atoms with van der Waals surface area (Å²) in [7, 11) is 0. The number of hydrogen-bond acceptors (Lipinski definition) is 1. The van der Waals surface area contributed by atoms with Gasteiger partial charge in [-0.15, -0.1) is 0 Å². The van der Waals surface area contributed by atoms with E-state index in [9.17, 15) is 0 Å². The molecule has 106 valence electrons. The Kier molecular flexibility index (Phi) is 5.91. The molecule has 1 aliphatic rings. The van der Waals surface area contributed by atoms with E-state index in [0.717, 1.165) is 12.5 Å². The van der Waals surface area contributed by atoms with Gasteiger partial charge >= 0.3 is 0 Å². The van der Waals surface area contributed by atoms with Gasteiger partial charge in [0.15, 0.2) is 0 Å². The van der Waals surface area contributed by atoms with Gasteiger partial charge in [0.1, 0.15) is 0 Å². The maximum absolute atomic E-state index is 3.78. The first kappa shape index (κ1) is 14.6. The van der Waals surface area contributed by atoms with Crippen molar-refractivity contribution in [2.45, 2.75) is 64.8 Å². The molecule has 0 aromatic heterocycles. The Labute approximate surface area is 118 Å². The number of aryl methyl sites for hydroxylation is 1. The van der Waals surface area contributed by atoms with Crippen LogP contribution in [0, 0.1) is 5.92 Å². The summed E-state index contributed by atoms with van der Waals surface area (Å²) in [6.45, 7) is 5.64. The highest BCUT2D eigenvalue weighted by Gasteiger charge is 2.25. The quantitative estimate of drug-likeness (QED) is 0.736. The van der Waals surface area contributed by atoms with Crippen molar-refractivity contribution in [1.29, 1.82) is 0 Å². The molecule has 0 radical (unpaired) electrons. The first-order chi connectivity index (χ1) is 9.35. The zero-order valence-electron chi connectivity index (χ0n) is 12.6. The molecular weight excluding hydrogens is 230 g/mol. The van der Waals surface area contributed by atoms with Crippen molar-refractivity contribution in [1.82, 2.24) is 5.32 Å². The Hall–Kier alpha value is -0.820. The predicted octanol–water partition coefficient (Wildman–Crippen LogP) is 4.87. The lowest BCUT2D eigenvalue weighted by atomic mass is 9.90. The van der Waals surface area contributed by atoms with E-state index >= 15 is 0 Å². The molecule has 1 atom stereocenters. The standard InChI is InChI=1S/C18H29N/c1-3-7-15-10-12-17(13-11-15)18(19-14-4-2)16-8-5-6-9-16/h10-13,16,18-19H,3-9,14H2,1-2H3. The molecule has 1 nitrogen and oxygen atoms in total. The van der Waals surface area contributed by atoms with Gasteiger partial charge in [-0.05, 0) is 49.3 Å². The van der Waals surface area contributed by atoms with Crippen LogP contribution in [0.5, 0.6) is 0 Å². The van der Waals surface area contributed by atoms with Crippen molar-refractivity contribution in [3.8, 4) is 0 Å². The summed E-state index contributed by atoms with van der Waals surface area (Å²) in [5.74, 6) is 0.851. The molecule has 1 aliphatic carbocycles. The molecular formula is C18H29N. The minimum Gasteiger partial charge on any atom is -0.310 e. The SMILES string of the molecule is CCCNC(c1ccc(CCC)cc1)C1CCCC1. The molecule has 1 unspecified atom stereocenters. The fourth-order valence-electron chi connectivity index (χ4n) is 3.33. The summed E-state index contributed by atoms with van der Waals surface area (Å²) in [4.78, 5) is 0. The average molecular weight is 259 g/mol. The summed E-state index contributed by atoms with van der Waals surface area (Å²) in [5.41, 5.74) is 2.98. The van der Waals surface area contributed by atoms with Crippen LogP contribution in [-0.4, -0.2) is 6.54 Å². The number of hydrogen-bond donors (Lipinski definition) is 1. The highest BCUT2D eigenvalue weighted by molar-refractivity contribution is 5.26. The van der Waals surface area contributed by atoms with Crippen molar-refractivity contribution in [3.05, 3.63) is 35.4 Å². The molecule has 0 spiro atoms. The highest BCUT2D eigenvalue weighted by Crippen LogP contribution is 2.35. The van der Waals surface area contributed by atoms with Crippen LogP contribution in [0.2, 0.25) is 0 Å². The van der Waals surface area contributed by atoms with Gasteiger partial charge in [0.2, 0.25) is 0 Å². The van der Waals surface area contributed by atoms with Crippen LogP contribution in [0.4, 0.5) is 0 Å². The molecule has 1 N–H and O–H groups in total. The lowest BCUT2D eigenvalue weighted by Gasteiger charge is -2.25. The van der Waals surface area contributed by atoms with E-state index in [2.05, 4.69) is 43.4 Å². The predicted molar refractivity (Wildman–Crippen MR) is 83.4 cm³/mol. The van der Waals surface area contributed by atoms with Gasteiger partial charge in [-0.3, -0.25) is 0 Å². The molecule has 19 heavy (non-hydrogen) atoms. The van der Waals surface area contributed by atoms with Gasteiger partial charge in [0, 0.05) is 6.04 Å². The van der Waals surface area contributed by atoms with Crippen molar-refractivity contribution in [3.63, 3.8) is 0 Å². The fourth-order valence-corrected chi connectivity index (χ4v) is 3.33. The minimum atomic E-state index is 0.582. The summed E-state index contributed by atoms with van der Waals surface area (Å²) in [6, 6.07) is 9.95. The lowest BCUT2D eigenvalue weighted by Crippen LogP contribution is -2.27. The van der Waals surface area contributed by atoms with Crippen LogP contribution in [0.1, 0.15) is 69.5 Å². The van der Waals surface area contributed by atoms with Crippen molar-refractivity contribution >= 4 is 0 Å². The van der Waals surface area contributed by atoms with Gasteiger partial charge in [-0.2, -0.15) is 0 Å². The van der Waals surface area contributed by atoms with Gasteiger partial charge in [0.25, 0.3) is 0 Å². The van der Waals surface area contributed by atoms with Crippen LogP contribution in [0.25, 0.3) is 0 Å². The highest BCUT2D eigenvalue weighted by atomic mass is 14.9. The first-order valence-corrected chi connectivity index (χ1v) is 8.17. The number of nitrogens with one attached hydrogen (secondary N) is 1. The fraction of sp³-hybridized carbons (Fsp3) is 0.667. The van der Waals surface area contributed by atoms with Crippen molar-refractivity contribution < 1.29 is 0 Å². The summed E-state index contributed by atoms with van der Waals surface area (Å²) >= 11 is 0. The van der Waals surface area contributed by atoms with E-state index in [0.29, 0.717) is 6.04 Å². The third-order valence-electron chi connectivity index (χ3n) is 4.36. The van der Waals surface area contributed by atoms with E-state index < -0.39 is 0 Å². The van der Waals surface area contributed by atoms with Crippen LogP contribution >= 0.6 is 0 Å². The van der Waals surface area contributed by atoms with E-state index in [-0.39, 0.29) is 0 Å². The van der Waals surface area contributed by atoms with E-state index in [1.807, 2.05) is 0 Å². The Morgan fingerprint density at radius 3 is 2.32 bits per heavy atom. The summed E-state index contributed by atoms with van der Waals surface area (Å²) < 4.78 is 0. The molecule has 1 fully saturated rings. The third kappa shape index (κ3) is 4.07. The second-order valence-corrected chi connectivity index (χ2v) is 5.97. The molecule has 1 saturated carbocycles. The Bertz CT molecular complexity index is 348. The molecule has 1 aromatic rings. The molecule has 0 aliphatic heterocycles. The second kappa shape index (κ2) is 7.69. The molecule has 2 rings (SSSR count). The van der Waals surface area contributed by atoms with Gasteiger partial charge in [-0.25, -0.2) is 0 Å². The van der Waals surface area contributed by atoms with E-state index in [4.69, 9.17) is 0 Å². The Morgan fingerprint density at radius 1 is 1.05 bits per heavy atom.